The number of imidazole rings is 1. The highest BCUT2D eigenvalue weighted by molar-refractivity contribution is 5.80. The maximum Gasteiger partial charge on any atom is 0.140 e. The molecule has 1 N–H and O–H groups in total. The average molecular weight is 239 g/mol. The van der Waals surface area contributed by atoms with E-state index in [4.69, 9.17) is 4.74 Å². The quantitative estimate of drug-likeness (QED) is 0.764. The Morgan fingerprint density at radius 3 is 3.00 bits per heavy atom. The number of aromatic nitrogens is 3. The van der Waals surface area contributed by atoms with Crippen molar-refractivity contribution in [1.82, 2.24) is 15.0 Å². The molecule has 18 heavy (non-hydrogen) atoms. The Hall–Kier alpha value is -2.36. The van der Waals surface area contributed by atoms with Crippen LogP contribution < -0.4 is 4.74 Å². The minimum absolute atomic E-state index is 0.662. The number of nitrogens with zero attached hydrogens (tertiary/aromatic N) is 2. The molecule has 0 saturated carbocycles. The van der Waals surface area contributed by atoms with Gasteiger partial charge in [-0.15, -0.1) is 0 Å². The Morgan fingerprint density at radius 1 is 1.28 bits per heavy atom. The summed E-state index contributed by atoms with van der Waals surface area (Å²) in [7, 11) is 0. The molecule has 0 amide bonds. The minimum atomic E-state index is 0.662. The summed E-state index contributed by atoms with van der Waals surface area (Å²) in [5, 5.41) is 0. The number of ether oxygens (including phenoxy) is 1. The molecule has 0 saturated heterocycles. The van der Waals surface area contributed by atoms with Crippen LogP contribution in [-0.4, -0.2) is 21.6 Å². The van der Waals surface area contributed by atoms with E-state index in [9.17, 15) is 0 Å². The summed E-state index contributed by atoms with van der Waals surface area (Å²) >= 11 is 0. The molecule has 0 aliphatic heterocycles. The van der Waals surface area contributed by atoms with E-state index < -0.39 is 0 Å². The smallest absolute Gasteiger partial charge is 0.140 e. The monoisotopic (exact) mass is 239 g/mol. The number of rotatable bonds is 3. The van der Waals surface area contributed by atoms with Gasteiger partial charge in [0.15, 0.2) is 0 Å². The Bertz CT molecular complexity index is 661. The third-order valence-electron chi connectivity index (χ3n) is 2.70. The standard InChI is InChI=1S/C14H13N3O/c1-2-18-11-5-6-12-13(8-11)17-14(16-12)10-4-3-7-15-9-10/h3-9H,2H2,1H3,(H,16,17). The van der Waals surface area contributed by atoms with Crippen LogP contribution in [-0.2, 0) is 0 Å². The van der Waals surface area contributed by atoms with Gasteiger partial charge in [-0.3, -0.25) is 4.98 Å². The summed E-state index contributed by atoms with van der Waals surface area (Å²) in [4.78, 5) is 11.9. The largest absolute Gasteiger partial charge is 0.494 e. The van der Waals surface area contributed by atoms with E-state index in [0.29, 0.717) is 6.61 Å². The second-order valence-corrected chi connectivity index (χ2v) is 3.94. The third kappa shape index (κ3) is 1.93. The van der Waals surface area contributed by atoms with E-state index >= 15 is 0 Å². The number of hydrogen-bond acceptors (Lipinski definition) is 3. The average Bonchev–Trinajstić information content (AvgIpc) is 2.83. The molecule has 0 fully saturated rings. The summed E-state index contributed by atoms with van der Waals surface area (Å²) in [6.45, 7) is 2.63. The molecule has 0 atom stereocenters. The molecule has 0 aliphatic carbocycles. The molecular formula is C14H13N3O. The molecule has 2 aromatic heterocycles. The van der Waals surface area contributed by atoms with Crippen LogP contribution in [0.25, 0.3) is 22.4 Å². The lowest BCUT2D eigenvalue weighted by atomic mass is 10.3. The molecule has 0 bridgehead atoms. The summed E-state index contributed by atoms with van der Waals surface area (Å²) in [5.74, 6) is 1.68. The van der Waals surface area contributed by atoms with Gasteiger partial charge >= 0.3 is 0 Å². The van der Waals surface area contributed by atoms with Gasteiger partial charge in [0.05, 0.1) is 17.6 Å². The number of H-pyrrole nitrogens is 1. The van der Waals surface area contributed by atoms with Gasteiger partial charge in [-0.2, -0.15) is 0 Å². The SMILES string of the molecule is CCOc1ccc2nc(-c3cccnc3)[nH]c2c1. The fourth-order valence-corrected chi connectivity index (χ4v) is 1.88. The second kappa shape index (κ2) is 4.49. The predicted molar refractivity (Wildman–Crippen MR) is 70.5 cm³/mol. The number of nitrogens with one attached hydrogen (secondary N) is 1. The molecule has 0 aliphatic rings. The zero-order valence-electron chi connectivity index (χ0n) is 10.1. The Kier molecular flexibility index (Phi) is 2.68. The molecule has 0 radical (unpaired) electrons. The lowest BCUT2D eigenvalue weighted by Gasteiger charge is -2.00. The van der Waals surface area contributed by atoms with Gasteiger partial charge in [0, 0.05) is 24.0 Å². The summed E-state index contributed by atoms with van der Waals surface area (Å²) in [6.07, 6.45) is 3.54. The van der Waals surface area contributed by atoms with E-state index in [-0.39, 0.29) is 0 Å². The molecule has 0 spiro atoms. The van der Waals surface area contributed by atoms with Crippen molar-refractivity contribution >= 4 is 11.0 Å². The first-order valence-corrected chi connectivity index (χ1v) is 5.90. The van der Waals surface area contributed by atoms with Crippen molar-refractivity contribution in [3.8, 4) is 17.1 Å². The topological polar surface area (TPSA) is 50.8 Å². The van der Waals surface area contributed by atoms with Crippen LogP contribution in [0.5, 0.6) is 5.75 Å². The van der Waals surface area contributed by atoms with Crippen molar-refractivity contribution in [1.29, 1.82) is 0 Å². The first-order valence-electron chi connectivity index (χ1n) is 5.90. The van der Waals surface area contributed by atoms with Crippen molar-refractivity contribution < 1.29 is 4.74 Å². The van der Waals surface area contributed by atoms with Gasteiger partial charge in [0.2, 0.25) is 0 Å². The van der Waals surface area contributed by atoms with Crippen LogP contribution in [0.3, 0.4) is 0 Å². The van der Waals surface area contributed by atoms with Crippen molar-refractivity contribution in [3.05, 3.63) is 42.7 Å². The molecule has 4 nitrogen and oxygen atoms in total. The first-order chi connectivity index (χ1) is 8.86. The maximum atomic E-state index is 5.47. The van der Waals surface area contributed by atoms with Crippen molar-refractivity contribution in [2.75, 3.05) is 6.61 Å². The van der Waals surface area contributed by atoms with Crippen molar-refractivity contribution in [2.45, 2.75) is 6.92 Å². The molecule has 2 heterocycles. The van der Waals surface area contributed by atoms with Crippen LogP contribution in [0.1, 0.15) is 6.92 Å². The number of aromatic amines is 1. The van der Waals surface area contributed by atoms with Crippen molar-refractivity contribution in [3.63, 3.8) is 0 Å². The van der Waals surface area contributed by atoms with Crippen LogP contribution in [0, 0.1) is 0 Å². The summed E-state index contributed by atoms with van der Waals surface area (Å²) < 4.78 is 5.47. The van der Waals surface area contributed by atoms with Gasteiger partial charge in [-0.25, -0.2) is 4.98 Å². The fraction of sp³-hybridized carbons (Fsp3) is 0.143. The molecular weight excluding hydrogens is 226 g/mol. The lowest BCUT2D eigenvalue weighted by molar-refractivity contribution is 0.340. The van der Waals surface area contributed by atoms with E-state index in [2.05, 4.69) is 15.0 Å². The first kappa shape index (κ1) is 10.8. The highest BCUT2D eigenvalue weighted by Crippen LogP contribution is 2.23. The zero-order chi connectivity index (χ0) is 12.4. The molecule has 4 heteroatoms. The highest BCUT2D eigenvalue weighted by atomic mass is 16.5. The molecule has 90 valence electrons. The summed E-state index contributed by atoms with van der Waals surface area (Å²) in [5.41, 5.74) is 2.88. The number of benzene rings is 1. The molecule has 3 rings (SSSR count). The van der Waals surface area contributed by atoms with E-state index in [1.54, 1.807) is 12.4 Å². The fourth-order valence-electron chi connectivity index (χ4n) is 1.88. The Labute approximate surface area is 105 Å². The van der Waals surface area contributed by atoms with Crippen LogP contribution in [0.4, 0.5) is 0 Å². The molecule has 3 aromatic rings. The Balaban J connectivity index is 2.06. The molecule has 0 unspecified atom stereocenters. The Morgan fingerprint density at radius 2 is 2.22 bits per heavy atom. The highest BCUT2D eigenvalue weighted by Gasteiger charge is 2.05. The minimum Gasteiger partial charge on any atom is -0.494 e. The van der Waals surface area contributed by atoms with Gasteiger partial charge in [-0.05, 0) is 31.2 Å². The molecule has 1 aromatic carbocycles. The second-order valence-electron chi connectivity index (χ2n) is 3.94. The van der Waals surface area contributed by atoms with Gasteiger partial charge in [0.1, 0.15) is 11.6 Å². The number of hydrogen-bond donors (Lipinski definition) is 1. The predicted octanol–water partition coefficient (Wildman–Crippen LogP) is 3.02. The van der Waals surface area contributed by atoms with Gasteiger partial charge in [-0.1, -0.05) is 0 Å². The van der Waals surface area contributed by atoms with E-state index in [1.165, 1.54) is 0 Å². The normalized spacial score (nSPS) is 10.7. The van der Waals surface area contributed by atoms with Gasteiger partial charge < -0.3 is 9.72 Å². The van der Waals surface area contributed by atoms with Gasteiger partial charge in [0.25, 0.3) is 0 Å². The lowest BCUT2D eigenvalue weighted by Crippen LogP contribution is -1.90. The van der Waals surface area contributed by atoms with Crippen LogP contribution >= 0.6 is 0 Å². The van der Waals surface area contributed by atoms with Crippen molar-refractivity contribution in [2.24, 2.45) is 0 Å². The van der Waals surface area contributed by atoms with Crippen LogP contribution in [0.15, 0.2) is 42.7 Å². The third-order valence-corrected chi connectivity index (χ3v) is 2.70. The zero-order valence-corrected chi connectivity index (χ0v) is 10.1. The maximum absolute atomic E-state index is 5.47. The van der Waals surface area contributed by atoms with Crippen LogP contribution in [0.2, 0.25) is 0 Å². The number of pyridine rings is 1. The van der Waals surface area contributed by atoms with E-state index in [0.717, 1.165) is 28.2 Å². The van der Waals surface area contributed by atoms with E-state index in [1.807, 2.05) is 37.3 Å². The number of fused-ring (bicyclic) bond motifs is 1. The summed E-state index contributed by atoms with van der Waals surface area (Å²) in [6, 6.07) is 9.73.